The highest BCUT2D eigenvalue weighted by atomic mass is 16.6. The van der Waals surface area contributed by atoms with Gasteiger partial charge in [0.1, 0.15) is 6.61 Å². The van der Waals surface area contributed by atoms with E-state index in [0.29, 0.717) is 24.4 Å². The van der Waals surface area contributed by atoms with Gasteiger partial charge in [0.15, 0.2) is 0 Å². The Morgan fingerprint density at radius 3 is 2.44 bits per heavy atom. The Kier molecular flexibility index (Phi) is 4.35. The Morgan fingerprint density at radius 1 is 1.04 bits per heavy atom. The van der Waals surface area contributed by atoms with E-state index in [1.54, 1.807) is 0 Å². The lowest BCUT2D eigenvalue weighted by molar-refractivity contribution is 0.0714. The number of carbonyl (C=O) groups is 1. The highest BCUT2D eigenvalue weighted by molar-refractivity contribution is 5.68. The van der Waals surface area contributed by atoms with Crippen LogP contribution in [0.5, 0.6) is 0 Å². The van der Waals surface area contributed by atoms with Gasteiger partial charge >= 0.3 is 6.09 Å². The minimum Gasteiger partial charge on any atom is -0.445 e. The van der Waals surface area contributed by atoms with Crippen molar-refractivity contribution >= 4 is 11.8 Å². The molecule has 0 radical (unpaired) electrons. The van der Waals surface area contributed by atoms with Gasteiger partial charge in [-0.25, -0.2) is 4.79 Å². The van der Waals surface area contributed by atoms with Crippen LogP contribution in [-0.4, -0.2) is 24.1 Å². The zero-order valence-corrected chi connectivity index (χ0v) is 14.3. The first-order valence-corrected chi connectivity index (χ1v) is 9.02. The molecule has 2 fully saturated rings. The monoisotopic (exact) mass is 336 g/mol. The number of fused-ring (bicyclic) bond motifs is 2. The minimum atomic E-state index is -0.188. The third-order valence-corrected chi connectivity index (χ3v) is 5.59. The summed E-state index contributed by atoms with van der Waals surface area (Å²) in [6, 6.07) is 18.1. The summed E-state index contributed by atoms with van der Waals surface area (Å²) in [5.41, 5.74) is 9.13. The van der Waals surface area contributed by atoms with Crippen LogP contribution < -0.4 is 5.73 Å². The summed E-state index contributed by atoms with van der Waals surface area (Å²) in [6.07, 6.45) is 2.16. The van der Waals surface area contributed by atoms with Crippen molar-refractivity contribution < 1.29 is 9.53 Å². The molecule has 2 N–H and O–H groups in total. The molecule has 4 nitrogen and oxygen atoms in total. The van der Waals surface area contributed by atoms with Crippen molar-refractivity contribution in [1.82, 2.24) is 4.90 Å². The fourth-order valence-corrected chi connectivity index (χ4v) is 4.49. The van der Waals surface area contributed by atoms with Crippen LogP contribution in [0.4, 0.5) is 10.5 Å². The number of benzene rings is 2. The second-order valence-corrected chi connectivity index (χ2v) is 7.24. The number of carbonyl (C=O) groups excluding carboxylic acids is 1. The standard InChI is InChI=1S/C21H24N2O2/c22-19-8-4-7-16(11-19)20-17-9-10-18(20)13-23(12-17)21(24)25-14-15-5-2-1-3-6-15/h1-8,11,17-18,20H,9-10,12-14,22H2. The number of piperidine rings is 1. The van der Waals surface area contributed by atoms with Crippen LogP contribution in [0, 0.1) is 11.8 Å². The highest BCUT2D eigenvalue weighted by Crippen LogP contribution is 2.48. The van der Waals surface area contributed by atoms with Crippen LogP contribution in [0.1, 0.15) is 29.9 Å². The van der Waals surface area contributed by atoms with E-state index >= 15 is 0 Å². The highest BCUT2D eigenvalue weighted by Gasteiger charge is 2.44. The van der Waals surface area contributed by atoms with Gasteiger partial charge in [0, 0.05) is 18.8 Å². The number of rotatable bonds is 3. The first-order chi connectivity index (χ1) is 12.2. The Labute approximate surface area is 148 Å². The topological polar surface area (TPSA) is 55.6 Å². The van der Waals surface area contributed by atoms with Gasteiger partial charge in [0.25, 0.3) is 0 Å². The molecule has 2 unspecified atom stereocenters. The average Bonchev–Trinajstić information content (AvgIpc) is 2.90. The van der Waals surface area contributed by atoms with Crippen molar-refractivity contribution in [3.05, 3.63) is 65.7 Å². The van der Waals surface area contributed by atoms with E-state index in [4.69, 9.17) is 10.5 Å². The first kappa shape index (κ1) is 16.0. The summed E-state index contributed by atoms with van der Waals surface area (Å²) in [5.74, 6) is 1.52. The molecule has 130 valence electrons. The first-order valence-electron chi connectivity index (χ1n) is 9.02. The molecule has 2 aliphatic rings. The molecule has 1 saturated carbocycles. The quantitative estimate of drug-likeness (QED) is 0.861. The van der Waals surface area contributed by atoms with Crippen LogP contribution >= 0.6 is 0 Å². The van der Waals surface area contributed by atoms with Crippen molar-refractivity contribution in [2.24, 2.45) is 11.8 Å². The second kappa shape index (κ2) is 6.79. The molecule has 2 aromatic carbocycles. The van der Waals surface area contributed by atoms with Crippen molar-refractivity contribution in [1.29, 1.82) is 0 Å². The zero-order valence-electron chi connectivity index (χ0n) is 14.3. The van der Waals surface area contributed by atoms with Crippen LogP contribution in [0.15, 0.2) is 54.6 Å². The third-order valence-electron chi connectivity index (χ3n) is 5.59. The minimum absolute atomic E-state index is 0.188. The molecule has 1 aliphatic carbocycles. The van der Waals surface area contributed by atoms with E-state index in [9.17, 15) is 4.79 Å². The van der Waals surface area contributed by atoms with Gasteiger partial charge in [-0.2, -0.15) is 0 Å². The van der Waals surface area contributed by atoms with Gasteiger partial charge in [-0.3, -0.25) is 0 Å². The van der Waals surface area contributed by atoms with Gasteiger partial charge in [0.05, 0.1) is 0 Å². The molecule has 25 heavy (non-hydrogen) atoms. The van der Waals surface area contributed by atoms with E-state index in [1.807, 2.05) is 47.4 Å². The predicted molar refractivity (Wildman–Crippen MR) is 98.0 cm³/mol. The van der Waals surface area contributed by atoms with Gasteiger partial charge in [-0.15, -0.1) is 0 Å². The predicted octanol–water partition coefficient (Wildman–Crippen LogP) is 4.03. The molecule has 1 saturated heterocycles. The largest absolute Gasteiger partial charge is 0.445 e. The van der Waals surface area contributed by atoms with E-state index in [0.717, 1.165) is 24.3 Å². The molecule has 0 aromatic heterocycles. The summed E-state index contributed by atoms with van der Waals surface area (Å²) in [7, 11) is 0. The molecule has 2 aromatic rings. The lowest BCUT2D eigenvalue weighted by Gasteiger charge is -2.37. The molecule has 4 heteroatoms. The third kappa shape index (κ3) is 3.34. The average molecular weight is 336 g/mol. The molecular formula is C21H24N2O2. The van der Waals surface area contributed by atoms with Crippen molar-refractivity contribution in [2.75, 3.05) is 18.8 Å². The number of anilines is 1. The SMILES string of the molecule is Nc1cccc(C2C3CCC2CN(C(=O)OCc2ccccc2)C3)c1. The number of hydrogen-bond donors (Lipinski definition) is 1. The van der Waals surface area contributed by atoms with E-state index < -0.39 is 0 Å². The number of ether oxygens (including phenoxy) is 1. The molecule has 0 spiro atoms. The lowest BCUT2D eigenvalue weighted by atomic mass is 9.80. The van der Waals surface area contributed by atoms with Gasteiger partial charge in [-0.1, -0.05) is 42.5 Å². The van der Waals surface area contributed by atoms with Crippen LogP contribution in [0.25, 0.3) is 0 Å². The summed E-state index contributed by atoms with van der Waals surface area (Å²) >= 11 is 0. The summed E-state index contributed by atoms with van der Waals surface area (Å²) in [4.78, 5) is 14.4. The van der Waals surface area contributed by atoms with Crippen LogP contribution in [-0.2, 0) is 11.3 Å². The van der Waals surface area contributed by atoms with Crippen molar-refractivity contribution in [2.45, 2.75) is 25.4 Å². The van der Waals surface area contributed by atoms with Crippen LogP contribution in [0.3, 0.4) is 0 Å². The maximum atomic E-state index is 12.5. The normalized spacial score (nSPS) is 25.0. The molecule has 1 amide bonds. The summed E-state index contributed by atoms with van der Waals surface area (Å²) < 4.78 is 5.52. The summed E-state index contributed by atoms with van der Waals surface area (Å²) in [6.45, 7) is 1.90. The Morgan fingerprint density at radius 2 is 1.76 bits per heavy atom. The van der Waals surface area contributed by atoms with Gasteiger partial charge < -0.3 is 15.4 Å². The maximum absolute atomic E-state index is 12.5. The van der Waals surface area contributed by atoms with Gasteiger partial charge in [-0.05, 0) is 53.9 Å². The van der Waals surface area contributed by atoms with E-state index in [-0.39, 0.29) is 6.09 Å². The number of likely N-dealkylation sites (tertiary alicyclic amines) is 1. The van der Waals surface area contributed by atoms with Gasteiger partial charge in [0.2, 0.25) is 0 Å². The van der Waals surface area contributed by atoms with Crippen molar-refractivity contribution in [3.8, 4) is 0 Å². The van der Waals surface area contributed by atoms with Crippen molar-refractivity contribution in [3.63, 3.8) is 0 Å². The molecule has 1 heterocycles. The fourth-order valence-electron chi connectivity index (χ4n) is 4.49. The number of nitrogen functional groups attached to an aromatic ring is 1. The number of amides is 1. The van der Waals surface area contributed by atoms with E-state index in [1.165, 1.54) is 18.4 Å². The molecular weight excluding hydrogens is 312 g/mol. The van der Waals surface area contributed by atoms with E-state index in [2.05, 4.69) is 12.1 Å². The Balaban J connectivity index is 1.40. The lowest BCUT2D eigenvalue weighted by Crippen LogP contribution is -2.44. The summed E-state index contributed by atoms with van der Waals surface area (Å²) in [5, 5.41) is 0. The fraction of sp³-hybridized carbons (Fsp3) is 0.381. The molecule has 2 bridgehead atoms. The molecule has 1 aliphatic heterocycles. The number of nitrogens with zero attached hydrogens (tertiary/aromatic N) is 1. The molecule has 4 rings (SSSR count). The Bertz CT molecular complexity index is 733. The number of hydrogen-bond acceptors (Lipinski definition) is 3. The Hall–Kier alpha value is -2.49. The second-order valence-electron chi connectivity index (χ2n) is 7.24. The van der Waals surface area contributed by atoms with Crippen LogP contribution in [0.2, 0.25) is 0 Å². The number of nitrogens with two attached hydrogens (primary N) is 1. The molecule has 2 atom stereocenters. The maximum Gasteiger partial charge on any atom is 0.410 e. The smallest absolute Gasteiger partial charge is 0.410 e. The zero-order chi connectivity index (χ0) is 17.2.